The molecule has 1 rings (SSSR count). The first-order valence-electron chi connectivity index (χ1n) is 5.29. The average molecular weight is 213 g/mol. The van der Waals surface area contributed by atoms with Crippen LogP contribution in [-0.4, -0.2) is 11.9 Å². The molecule has 1 unspecified atom stereocenters. The average Bonchev–Trinajstić information content (AvgIpc) is 2.13. The summed E-state index contributed by atoms with van der Waals surface area (Å²) in [6.07, 6.45) is 4.15. The minimum Gasteiger partial charge on any atom is -0.350 e. The summed E-state index contributed by atoms with van der Waals surface area (Å²) >= 11 is 0. The molecule has 1 aliphatic rings. The van der Waals surface area contributed by atoms with Crippen molar-refractivity contribution in [3.63, 3.8) is 0 Å². The van der Waals surface area contributed by atoms with Crippen molar-refractivity contribution in [1.29, 1.82) is 0 Å². The van der Waals surface area contributed by atoms with Crippen molar-refractivity contribution in [2.24, 2.45) is 17.1 Å². The third kappa shape index (κ3) is 3.11. The van der Waals surface area contributed by atoms with E-state index < -0.39 is 6.03 Å². The van der Waals surface area contributed by atoms with Gasteiger partial charge >= 0.3 is 6.03 Å². The molecule has 0 heterocycles. The Labute approximate surface area is 89.8 Å². The van der Waals surface area contributed by atoms with E-state index in [2.05, 4.69) is 24.7 Å². The molecule has 5 heteroatoms. The number of rotatable bonds is 1. The molecule has 1 atom stereocenters. The molecule has 15 heavy (non-hydrogen) atoms. The summed E-state index contributed by atoms with van der Waals surface area (Å²) < 4.78 is 0. The maximum atomic E-state index is 11.7. The van der Waals surface area contributed by atoms with Crippen molar-refractivity contribution in [3.8, 4) is 0 Å². The van der Waals surface area contributed by atoms with Gasteiger partial charge in [-0.1, -0.05) is 26.7 Å². The van der Waals surface area contributed by atoms with Gasteiger partial charge < -0.3 is 5.73 Å². The number of nitrogens with two attached hydrogens (primary N) is 1. The molecule has 0 saturated heterocycles. The van der Waals surface area contributed by atoms with E-state index in [0.29, 0.717) is 0 Å². The zero-order chi connectivity index (χ0) is 11.5. The van der Waals surface area contributed by atoms with Crippen LogP contribution >= 0.6 is 0 Å². The van der Waals surface area contributed by atoms with E-state index in [4.69, 9.17) is 5.73 Å². The summed E-state index contributed by atoms with van der Waals surface area (Å²) in [7, 11) is 0. The second kappa shape index (κ2) is 4.51. The van der Waals surface area contributed by atoms with Gasteiger partial charge in [-0.25, -0.2) is 10.2 Å². The summed E-state index contributed by atoms with van der Waals surface area (Å²) in [5, 5.41) is 0. The van der Waals surface area contributed by atoms with Crippen molar-refractivity contribution >= 4 is 11.9 Å². The Bertz CT molecular complexity index is 263. The van der Waals surface area contributed by atoms with Crippen LogP contribution in [0.1, 0.15) is 39.5 Å². The van der Waals surface area contributed by atoms with E-state index in [1.54, 1.807) is 0 Å². The van der Waals surface area contributed by atoms with Crippen LogP contribution in [0.2, 0.25) is 0 Å². The molecule has 1 saturated carbocycles. The molecule has 86 valence electrons. The van der Waals surface area contributed by atoms with E-state index in [1.807, 2.05) is 0 Å². The number of hydrogen-bond donors (Lipinski definition) is 3. The molecule has 0 aromatic rings. The molecule has 0 aromatic heterocycles. The van der Waals surface area contributed by atoms with Crippen molar-refractivity contribution < 1.29 is 9.59 Å². The molecule has 5 nitrogen and oxygen atoms in total. The van der Waals surface area contributed by atoms with Crippen molar-refractivity contribution in [3.05, 3.63) is 0 Å². The fourth-order valence-electron chi connectivity index (χ4n) is 2.19. The summed E-state index contributed by atoms with van der Waals surface area (Å²) in [5.74, 6) is -0.184. The highest BCUT2D eigenvalue weighted by Crippen LogP contribution is 2.40. The number of carbonyl (C=O) groups is 2. The molecule has 1 aliphatic carbocycles. The predicted octanol–water partition coefficient (Wildman–Crippen LogP) is 0.902. The summed E-state index contributed by atoms with van der Waals surface area (Å²) in [4.78, 5) is 22.2. The molecule has 0 aliphatic heterocycles. The number of carbonyl (C=O) groups excluding carboxylic acids is 2. The second-order valence-corrected chi connectivity index (χ2v) is 4.77. The van der Waals surface area contributed by atoms with E-state index in [1.165, 1.54) is 6.42 Å². The van der Waals surface area contributed by atoms with E-state index >= 15 is 0 Å². The molecule has 1 fully saturated rings. The summed E-state index contributed by atoms with van der Waals surface area (Å²) in [5.41, 5.74) is 9.34. The highest BCUT2D eigenvalue weighted by Gasteiger charge is 2.37. The summed E-state index contributed by atoms with van der Waals surface area (Å²) in [6.45, 7) is 4.17. The highest BCUT2D eigenvalue weighted by molar-refractivity contribution is 5.82. The van der Waals surface area contributed by atoms with Crippen LogP contribution < -0.4 is 16.6 Å². The van der Waals surface area contributed by atoms with Gasteiger partial charge in [0.05, 0.1) is 0 Å². The number of primary amides is 1. The number of amides is 3. The molecule has 0 spiro atoms. The normalized spacial score (nSPS) is 24.3. The third-order valence-corrected chi connectivity index (χ3v) is 3.13. The molecular formula is C10H19N3O2. The zero-order valence-corrected chi connectivity index (χ0v) is 9.30. The Morgan fingerprint density at radius 2 is 1.93 bits per heavy atom. The molecular weight excluding hydrogens is 194 g/mol. The second-order valence-electron chi connectivity index (χ2n) is 4.77. The van der Waals surface area contributed by atoms with Gasteiger partial charge in [0.2, 0.25) is 5.91 Å². The minimum atomic E-state index is -0.739. The predicted molar refractivity (Wildman–Crippen MR) is 56.6 cm³/mol. The van der Waals surface area contributed by atoms with Gasteiger partial charge in [-0.05, 0) is 18.3 Å². The third-order valence-electron chi connectivity index (χ3n) is 3.13. The molecule has 0 aromatic carbocycles. The Kier molecular flexibility index (Phi) is 3.55. The molecule has 4 N–H and O–H groups in total. The SMILES string of the molecule is CC1(C)CCCCC1C(=O)NNC(N)=O. The minimum absolute atomic E-state index is 0.00165. The number of hydrazine groups is 1. The lowest BCUT2D eigenvalue weighted by molar-refractivity contribution is -0.130. The molecule has 0 bridgehead atoms. The van der Waals surface area contributed by atoms with Crippen LogP contribution in [0.3, 0.4) is 0 Å². The Morgan fingerprint density at radius 3 is 2.47 bits per heavy atom. The van der Waals surface area contributed by atoms with Gasteiger partial charge in [-0.15, -0.1) is 0 Å². The number of urea groups is 1. The van der Waals surface area contributed by atoms with E-state index in [9.17, 15) is 9.59 Å². The fraction of sp³-hybridized carbons (Fsp3) is 0.800. The maximum Gasteiger partial charge on any atom is 0.330 e. The topological polar surface area (TPSA) is 84.2 Å². The first-order valence-corrected chi connectivity index (χ1v) is 5.29. The molecule has 3 amide bonds. The summed E-state index contributed by atoms with van der Waals surface area (Å²) in [6, 6.07) is -0.739. The van der Waals surface area contributed by atoms with Gasteiger partial charge in [0.1, 0.15) is 0 Å². The van der Waals surface area contributed by atoms with Crippen molar-refractivity contribution in [2.75, 3.05) is 0 Å². The molecule has 0 radical (unpaired) electrons. The fourth-order valence-corrected chi connectivity index (χ4v) is 2.19. The van der Waals surface area contributed by atoms with Gasteiger partial charge in [0.15, 0.2) is 0 Å². The first kappa shape index (κ1) is 11.8. The largest absolute Gasteiger partial charge is 0.350 e. The standard InChI is InChI=1S/C10H19N3O2/c1-10(2)6-4-3-5-7(10)8(14)12-13-9(11)15/h7H,3-6H2,1-2H3,(H,12,14)(H3,11,13,15). The first-order chi connectivity index (χ1) is 6.93. The van der Waals surface area contributed by atoms with Gasteiger partial charge in [-0.3, -0.25) is 10.2 Å². The lowest BCUT2D eigenvalue weighted by atomic mass is 9.68. The van der Waals surface area contributed by atoms with Crippen molar-refractivity contribution in [2.45, 2.75) is 39.5 Å². The van der Waals surface area contributed by atoms with Crippen LogP contribution in [-0.2, 0) is 4.79 Å². The number of nitrogens with one attached hydrogen (secondary N) is 2. The van der Waals surface area contributed by atoms with Gasteiger partial charge in [-0.2, -0.15) is 0 Å². The van der Waals surface area contributed by atoms with Gasteiger partial charge in [0.25, 0.3) is 0 Å². The highest BCUT2D eigenvalue weighted by atomic mass is 16.2. The van der Waals surface area contributed by atoms with Crippen molar-refractivity contribution in [1.82, 2.24) is 10.9 Å². The lowest BCUT2D eigenvalue weighted by Gasteiger charge is -2.37. The van der Waals surface area contributed by atoms with E-state index in [0.717, 1.165) is 19.3 Å². The number of hydrogen-bond acceptors (Lipinski definition) is 2. The monoisotopic (exact) mass is 213 g/mol. The van der Waals surface area contributed by atoms with Crippen LogP contribution in [0.15, 0.2) is 0 Å². The Hall–Kier alpha value is -1.26. The van der Waals surface area contributed by atoms with Crippen LogP contribution in [0.5, 0.6) is 0 Å². The smallest absolute Gasteiger partial charge is 0.330 e. The van der Waals surface area contributed by atoms with Gasteiger partial charge in [0, 0.05) is 5.92 Å². The van der Waals surface area contributed by atoms with Crippen LogP contribution in [0.4, 0.5) is 4.79 Å². The maximum absolute atomic E-state index is 11.7. The zero-order valence-electron chi connectivity index (χ0n) is 9.30. The quantitative estimate of drug-likeness (QED) is 0.565. The lowest BCUT2D eigenvalue weighted by Crippen LogP contribution is -2.50. The Morgan fingerprint density at radius 1 is 1.27 bits per heavy atom. The van der Waals surface area contributed by atoms with Crippen LogP contribution in [0.25, 0.3) is 0 Å². The van der Waals surface area contributed by atoms with E-state index in [-0.39, 0.29) is 17.2 Å². The van der Waals surface area contributed by atoms with Crippen LogP contribution in [0, 0.1) is 11.3 Å². The Balaban J connectivity index is 2.53.